The fourth-order valence-electron chi connectivity index (χ4n) is 4.18. The molecule has 12 nitrogen and oxygen atoms in total. The lowest BCUT2D eigenvalue weighted by Gasteiger charge is -2.15. The molecule has 3 aromatic heterocycles. The van der Waals surface area contributed by atoms with E-state index in [2.05, 4.69) is 25.8 Å². The Balaban J connectivity index is 0.000000517. The van der Waals surface area contributed by atoms with Crippen molar-refractivity contribution in [3.05, 3.63) is 69.9 Å². The van der Waals surface area contributed by atoms with Gasteiger partial charge < -0.3 is 25.5 Å². The van der Waals surface area contributed by atoms with Crippen LogP contribution in [-0.2, 0) is 24.2 Å². The Morgan fingerprint density at radius 1 is 1.10 bits per heavy atom. The van der Waals surface area contributed by atoms with Crippen molar-refractivity contribution in [2.45, 2.75) is 51.2 Å². The van der Waals surface area contributed by atoms with Crippen molar-refractivity contribution in [2.24, 2.45) is 0 Å². The van der Waals surface area contributed by atoms with Crippen LogP contribution in [0.4, 0.5) is 29.3 Å². The molecule has 0 spiro atoms. The normalized spacial score (nSPS) is 13.0. The number of hydrogen-bond acceptors (Lipinski definition) is 9. The summed E-state index contributed by atoms with van der Waals surface area (Å²) in [5, 5.41) is 21.9. The zero-order chi connectivity index (χ0) is 30.1. The number of fused-ring (bicyclic) bond motifs is 2. The van der Waals surface area contributed by atoms with E-state index in [0.29, 0.717) is 37.9 Å². The summed E-state index contributed by atoms with van der Waals surface area (Å²) >= 11 is 0. The van der Waals surface area contributed by atoms with Crippen LogP contribution >= 0.6 is 0 Å². The number of aromatic nitrogens is 6. The van der Waals surface area contributed by atoms with E-state index in [9.17, 15) is 22.4 Å². The van der Waals surface area contributed by atoms with Gasteiger partial charge in [-0.3, -0.25) is 9.20 Å². The first-order valence-electron chi connectivity index (χ1n) is 13.1. The van der Waals surface area contributed by atoms with E-state index in [1.165, 1.54) is 6.07 Å². The molecule has 5 rings (SSSR count). The van der Waals surface area contributed by atoms with Gasteiger partial charge in [0.2, 0.25) is 11.6 Å². The van der Waals surface area contributed by atoms with Crippen molar-refractivity contribution in [2.75, 3.05) is 23.8 Å². The maximum absolute atomic E-state index is 13.7. The van der Waals surface area contributed by atoms with Crippen LogP contribution in [0.3, 0.4) is 0 Å². The second-order valence-electron chi connectivity index (χ2n) is 9.20. The SMILES string of the molecule is O=C(O)C(F)(F)F.O=c1[nH]ccn2c(CNc3nc4c(c(NCCCOc5ccccc5F)n3)CCCCC4)nnc12. The number of ether oxygens (including phenoxy) is 1. The molecule has 4 N–H and O–H groups in total. The molecule has 0 fully saturated rings. The molecule has 1 aromatic carbocycles. The van der Waals surface area contributed by atoms with E-state index >= 15 is 0 Å². The maximum Gasteiger partial charge on any atom is 0.490 e. The van der Waals surface area contributed by atoms with E-state index in [1.54, 1.807) is 35.0 Å². The minimum Gasteiger partial charge on any atom is -0.490 e. The molecule has 0 saturated carbocycles. The first kappa shape index (κ1) is 30.2. The van der Waals surface area contributed by atoms with Crippen molar-refractivity contribution < 1.29 is 32.2 Å². The van der Waals surface area contributed by atoms with Crippen molar-refractivity contribution in [3.63, 3.8) is 0 Å². The van der Waals surface area contributed by atoms with Gasteiger partial charge in [-0.25, -0.2) is 14.2 Å². The number of benzene rings is 1. The highest BCUT2D eigenvalue weighted by molar-refractivity contribution is 5.73. The number of para-hydroxylation sites is 1. The van der Waals surface area contributed by atoms with E-state index in [0.717, 1.165) is 49.2 Å². The monoisotopic (exact) mass is 592 g/mol. The Morgan fingerprint density at radius 2 is 1.86 bits per heavy atom. The minimum absolute atomic E-state index is 0.243. The van der Waals surface area contributed by atoms with Gasteiger partial charge in [-0.1, -0.05) is 18.6 Å². The highest BCUT2D eigenvalue weighted by Crippen LogP contribution is 2.26. The summed E-state index contributed by atoms with van der Waals surface area (Å²) in [6, 6.07) is 6.40. The number of anilines is 2. The van der Waals surface area contributed by atoms with E-state index in [1.807, 2.05) is 0 Å². The number of carboxylic acids is 1. The summed E-state index contributed by atoms with van der Waals surface area (Å²) in [5.41, 5.74) is 2.15. The average molecular weight is 593 g/mol. The Kier molecular flexibility index (Phi) is 9.88. The van der Waals surface area contributed by atoms with Gasteiger partial charge in [0.05, 0.1) is 18.8 Å². The third kappa shape index (κ3) is 7.92. The van der Waals surface area contributed by atoms with Gasteiger partial charge in [-0.15, -0.1) is 10.2 Å². The highest BCUT2D eigenvalue weighted by atomic mass is 19.4. The van der Waals surface area contributed by atoms with Gasteiger partial charge in [0, 0.05) is 24.5 Å². The third-order valence-electron chi connectivity index (χ3n) is 6.20. The molecule has 0 aliphatic heterocycles. The number of alkyl halides is 3. The lowest BCUT2D eigenvalue weighted by atomic mass is 10.1. The van der Waals surface area contributed by atoms with Crippen LogP contribution in [0.2, 0.25) is 0 Å². The predicted molar refractivity (Wildman–Crippen MR) is 143 cm³/mol. The number of hydrogen-bond donors (Lipinski definition) is 4. The third-order valence-corrected chi connectivity index (χ3v) is 6.20. The van der Waals surface area contributed by atoms with Crippen LogP contribution < -0.4 is 20.9 Å². The first-order chi connectivity index (χ1) is 20.1. The van der Waals surface area contributed by atoms with Crippen molar-refractivity contribution in [3.8, 4) is 5.75 Å². The van der Waals surface area contributed by atoms with Crippen molar-refractivity contribution >= 4 is 23.4 Å². The lowest BCUT2D eigenvalue weighted by Crippen LogP contribution is -2.21. The molecule has 0 amide bonds. The molecule has 0 saturated heterocycles. The second kappa shape index (κ2) is 13.7. The fraction of sp³-hybridized carbons (Fsp3) is 0.385. The minimum atomic E-state index is -5.08. The number of rotatable bonds is 9. The number of aryl methyl sites for hydroxylation is 1. The van der Waals surface area contributed by atoms with Gasteiger partial charge in [0.1, 0.15) is 5.82 Å². The van der Waals surface area contributed by atoms with Crippen LogP contribution in [-0.4, -0.2) is 60.0 Å². The Labute approximate surface area is 236 Å². The largest absolute Gasteiger partial charge is 0.490 e. The zero-order valence-corrected chi connectivity index (χ0v) is 22.2. The van der Waals surface area contributed by atoms with Gasteiger partial charge in [0.15, 0.2) is 17.4 Å². The zero-order valence-electron chi connectivity index (χ0n) is 22.2. The number of nitrogens with one attached hydrogen (secondary N) is 3. The molecule has 224 valence electrons. The number of carboxylic acid groups (broad SMARTS) is 1. The molecule has 16 heteroatoms. The number of aromatic amines is 1. The van der Waals surface area contributed by atoms with Crippen molar-refractivity contribution in [1.82, 2.24) is 29.5 Å². The smallest absolute Gasteiger partial charge is 0.490 e. The van der Waals surface area contributed by atoms with E-state index in [4.69, 9.17) is 24.6 Å². The molecule has 1 aliphatic carbocycles. The Hall–Kier alpha value is -4.76. The van der Waals surface area contributed by atoms with Gasteiger partial charge in [-0.2, -0.15) is 18.2 Å². The van der Waals surface area contributed by atoms with Gasteiger partial charge in [0.25, 0.3) is 5.56 Å². The van der Waals surface area contributed by atoms with Crippen LogP contribution in [0.15, 0.2) is 41.5 Å². The molecule has 4 aromatic rings. The molecule has 0 bridgehead atoms. The summed E-state index contributed by atoms with van der Waals surface area (Å²) in [4.78, 5) is 32.9. The summed E-state index contributed by atoms with van der Waals surface area (Å²) in [7, 11) is 0. The molecular formula is C26H28F4N8O4. The summed E-state index contributed by atoms with van der Waals surface area (Å²) in [6.45, 7) is 1.35. The number of halogens is 4. The number of aliphatic carboxylic acids is 1. The molecule has 42 heavy (non-hydrogen) atoms. The lowest BCUT2D eigenvalue weighted by molar-refractivity contribution is -0.192. The summed E-state index contributed by atoms with van der Waals surface area (Å²) in [6.07, 6.45) is 4.07. The van der Waals surface area contributed by atoms with Crippen LogP contribution in [0.25, 0.3) is 5.65 Å². The molecule has 3 heterocycles. The van der Waals surface area contributed by atoms with Crippen LogP contribution in [0.5, 0.6) is 5.75 Å². The Morgan fingerprint density at radius 3 is 2.62 bits per heavy atom. The predicted octanol–water partition coefficient (Wildman–Crippen LogP) is 3.74. The first-order valence-corrected chi connectivity index (χ1v) is 13.1. The summed E-state index contributed by atoms with van der Waals surface area (Å²) in [5.74, 6) is -0.956. The topological polar surface area (TPSA) is 159 Å². The number of carbonyl (C=O) groups is 1. The van der Waals surface area contributed by atoms with Gasteiger partial charge >= 0.3 is 12.1 Å². The molecular weight excluding hydrogens is 564 g/mol. The van der Waals surface area contributed by atoms with Crippen molar-refractivity contribution in [1.29, 1.82) is 0 Å². The van der Waals surface area contributed by atoms with Crippen LogP contribution in [0, 0.1) is 5.82 Å². The molecule has 0 atom stereocenters. The van der Waals surface area contributed by atoms with E-state index in [-0.39, 0.29) is 22.8 Å². The molecule has 0 radical (unpaired) electrons. The van der Waals surface area contributed by atoms with E-state index < -0.39 is 12.1 Å². The Bertz CT molecular complexity index is 1570. The average Bonchev–Trinajstić information content (AvgIpc) is 3.22. The quantitative estimate of drug-likeness (QED) is 0.128. The van der Waals surface area contributed by atoms with Crippen LogP contribution in [0.1, 0.15) is 42.8 Å². The highest BCUT2D eigenvalue weighted by Gasteiger charge is 2.38. The van der Waals surface area contributed by atoms with Gasteiger partial charge in [-0.05, 0) is 44.2 Å². The number of H-pyrrole nitrogens is 1. The number of nitrogens with zero attached hydrogens (tertiary/aromatic N) is 5. The molecule has 1 aliphatic rings. The summed E-state index contributed by atoms with van der Waals surface area (Å²) < 4.78 is 52.7. The maximum atomic E-state index is 13.7. The second-order valence-corrected chi connectivity index (χ2v) is 9.20. The standard InChI is InChI=1S/C24H27FN8O2.C2HF3O2/c25-17-8-4-5-10-19(17)35-14-6-11-26-21-16-7-2-1-3-9-18(16)29-24(30-21)28-15-20-31-32-22-23(34)27-12-13-33(20)22;3-2(4,5)1(6)7/h4-5,8,10,12-13H,1-3,6-7,9,11,14-15H2,(H,27,34)(H2,26,28,29,30);(H,6,7). The fourth-order valence-corrected chi connectivity index (χ4v) is 4.18. The molecule has 0 unspecified atom stereocenters.